The van der Waals surface area contributed by atoms with Gasteiger partial charge in [0.25, 0.3) is 5.91 Å². The summed E-state index contributed by atoms with van der Waals surface area (Å²) in [5.41, 5.74) is 4.53. The fraction of sp³-hybridized carbons (Fsp3) is 0.125. The molecule has 32 heavy (non-hydrogen) atoms. The molecule has 0 aliphatic rings. The average Bonchev–Trinajstić information content (AvgIpc) is 3.21. The molecule has 3 aromatic heterocycles. The molecule has 0 spiro atoms. The number of allylic oxidation sites excluding steroid dienone is 1. The third-order valence-corrected chi connectivity index (χ3v) is 4.93. The van der Waals surface area contributed by atoms with Crippen molar-refractivity contribution >= 4 is 28.1 Å². The summed E-state index contributed by atoms with van der Waals surface area (Å²) in [5, 5.41) is 17.6. The summed E-state index contributed by atoms with van der Waals surface area (Å²) in [7, 11) is 1.57. The highest BCUT2D eigenvalue weighted by molar-refractivity contribution is 6.08. The molecule has 0 fully saturated rings. The number of nitrogens with zero attached hydrogens (tertiary/aromatic N) is 5. The summed E-state index contributed by atoms with van der Waals surface area (Å²) in [5.74, 6) is 0.139. The molecule has 8 heteroatoms. The van der Waals surface area contributed by atoms with Gasteiger partial charge in [0, 0.05) is 34.6 Å². The molecule has 3 heterocycles. The summed E-state index contributed by atoms with van der Waals surface area (Å²) in [6.45, 7) is 7.51. The number of hydrogen-bond donors (Lipinski definition) is 1. The highest BCUT2D eigenvalue weighted by atomic mass is 16.5. The maximum Gasteiger partial charge on any atom is 0.256 e. The lowest BCUT2D eigenvalue weighted by atomic mass is 10.00. The van der Waals surface area contributed by atoms with Crippen LogP contribution in [0.1, 0.15) is 34.2 Å². The highest BCUT2D eigenvalue weighted by Gasteiger charge is 2.17. The van der Waals surface area contributed by atoms with Crippen molar-refractivity contribution < 1.29 is 9.53 Å². The molecular weight excluding hydrogens is 404 g/mol. The summed E-state index contributed by atoms with van der Waals surface area (Å²) in [4.78, 5) is 21.4. The summed E-state index contributed by atoms with van der Waals surface area (Å²) in [6, 6.07) is 12.8. The zero-order valence-electron chi connectivity index (χ0n) is 17.9. The van der Waals surface area contributed by atoms with Gasteiger partial charge in [-0.3, -0.25) is 4.79 Å². The van der Waals surface area contributed by atoms with Gasteiger partial charge in [0.05, 0.1) is 30.1 Å². The molecule has 0 unspecified atom stereocenters. The van der Waals surface area contributed by atoms with Gasteiger partial charge in [-0.2, -0.15) is 10.4 Å². The molecule has 0 saturated heterocycles. The van der Waals surface area contributed by atoms with Crippen LogP contribution >= 0.6 is 0 Å². The number of fused-ring (bicyclic) bond motifs is 1. The van der Waals surface area contributed by atoms with Gasteiger partial charge in [-0.1, -0.05) is 6.58 Å². The minimum atomic E-state index is -0.353. The van der Waals surface area contributed by atoms with Crippen LogP contribution in [0.3, 0.4) is 0 Å². The van der Waals surface area contributed by atoms with Crippen molar-refractivity contribution in [1.29, 1.82) is 5.26 Å². The Morgan fingerprint density at radius 1 is 1.25 bits per heavy atom. The summed E-state index contributed by atoms with van der Waals surface area (Å²) in [6.07, 6.45) is 3.20. The van der Waals surface area contributed by atoms with Gasteiger partial charge in [-0.15, -0.1) is 0 Å². The van der Waals surface area contributed by atoms with E-state index < -0.39 is 0 Å². The second kappa shape index (κ2) is 8.32. The van der Waals surface area contributed by atoms with Gasteiger partial charge in [-0.25, -0.2) is 14.6 Å². The smallest absolute Gasteiger partial charge is 0.256 e. The molecule has 0 radical (unpaired) electrons. The van der Waals surface area contributed by atoms with E-state index >= 15 is 0 Å². The van der Waals surface area contributed by atoms with Crippen LogP contribution in [0.15, 0.2) is 55.4 Å². The number of hydrogen-bond acceptors (Lipinski definition) is 6. The quantitative estimate of drug-likeness (QED) is 0.512. The number of aryl methyl sites for hydroxylation is 1. The van der Waals surface area contributed by atoms with E-state index in [-0.39, 0.29) is 11.6 Å². The molecule has 158 valence electrons. The van der Waals surface area contributed by atoms with Crippen molar-refractivity contribution in [3.05, 3.63) is 77.9 Å². The summed E-state index contributed by atoms with van der Waals surface area (Å²) < 4.78 is 7.04. The molecule has 4 aromatic rings. The Morgan fingerprint density at radius 2 is 2.06 bits per heavy atom. The predicted octanol–water partition coefficient (Wildman–Crippen LogP) is 4.29. The Hall–Kier alpha value is -4.51. The van der Waals surface area contributed by atoms with Crippen LogP contribution in [0.25, 0.3) is 22.2 Å². The van der Waals surface area contributed by atoms with E-state index in [2.05, 4.69) is 27.0 Å². The lowest BCUT2D eigenvalue weighted by Gasteiger charge is -2.12. The highest BCUT2D eigenvalue weighted by Crippen LogP contribution is 2.26. The molecule has 8 nitrogen and oxygen atoms in total. The zero-order valence-corrected chi connectivity index (χ0v) is 17.9. The van der Waals surface area contributed by atoms with Crippen molar-refractivity contribution in [3.8, 4) is 17.6 Å². The first-order chi connectivity index (χ1) is 15.4. The van der Waals surface area contributed by atoms with Crippen molar-refractivity contribution in [3.63, 3.8) is 0 Å². The van der Waals surface area contributed by atoms with Crippen molar-refractivity contribution in [2.45, 2.75) is 13.8 Å². The number of carbonyl (C=O) groups is 1. The molecule has 0 atom stereocenters. The van der Waals surface area contributed by atoms with E-state index in [0.717, 1.165) is 22.3 Å². The molecule has 1 amide bonds. The molecular formula is C24H20N6O2. The number of benzene rings is 1. The number of amides is 1. The number of anilines is 1. The molecule has 0 bridgehead atoms. The van der Waals surface area contributed by atoms with Crippen LogP contribution < -0.4 is 10.1 Å². The fourth-order valence-corrected chi connectivity index (χ4v) is 3.52. The first-order valence-electron chi connectivity index (χ1n) is 9.78. The van der Waals surface area contributed by atoms with Gasteiger partial charge in [-0.05, 0) is 49.8 Å². The molecule has 1 aromatic carbocycles. The van der Waals surface area contributed by atoms with E-state index in [9.17, 15) is 10.1 Å². The number of aromatic nitrogens is 4. The van der Waals surface area contributed by atoms with E-state index in [1.54, 1.807) is 43.1 Å². The van der Waals surface area contributed by atoms with E-state index in [1.807, 2.05) is 31.2 Å². The Labute approximate surface area is 184 Å². The molecule has 0 aliphatic heterocycles. The van der Waals surface area contributed by atoms with Crippen LogP contribution in [0.4, 0.5) is 5.69 Å². The number of nitrogens with one attached hydrogen (secondary N) is 1. The van der Waals surface area contributed by atoms with Gasteiger partial charge in [0.15, 0.2) is 0 Å². The van der Waals surface area contributed by atoms with Gasteiger partial charge in [0.1, 0.15) is 11.8 Å². The van der Waals surface area contributed by atoms with Crippen molar-refractivity contribution in [1.82, 2.24) is 19.7 Å². The van der Waals surface area contributed by atoms with E-state index in [4.69, 9.17) is 4.74 Å². The van der Waals surface area contributed by atoms with Crippen LogP contribution in [-0.2, 0) is 0 Å². The topological polar surface area (TPSA) is 106 Å². The monoisotopic (exact) mass is 424 g/mol. The number of methoxy groups -OCH3 is 1. The van der Waals surface area contributed by atoms with Crippen LogP contribution in [-0.4, -0.2) is 32.8 Å². The largest absolute Gasteiger partial charge is 0.481 e. The fourth-order valence-electron chi connectivity index (χ4n) is 3.52. The normalized spacial score (nSPS) is 10.6. The number of pyridine rings is 2. The first-order valence-corrected chi connectivity index (χ1v) is 9.78. The average molecular weight is 424 g/mol. The summed E-state index contributed by atoms with van der Waals surface area (Å²) >= 11 is 0. The second-order valence-corrected chi connectivity index (χ2v) is 7.27. The Balaban J connectivity index is 1.73. The van der Waals surface area contributed by atoms with Gasteiger partial charge < -0.3 is 10.1 Å². The maximum atomic E-state index is 13.0. The van der Waals surface area contributed by atoms with Gasteiger partial charge in [0.2, 0.25) is 5.88 Å². The van der Waals surface area contributed by atoms with Crippen LogP contribution in [0.2, 0.25) is 0 Å². The first kappa shape index (κ1) is 20.8. The van der Waals surface area contributed by atoms with Crippen molar-refractivity contribution in [2.75, 3.05) is 12.4 Å². The SMILES string of the molecule is C=C(C)c1c(C(=O)Nc2ccc3cnn(-c4cc(C)nc(OC)c4)c3c2)ccnc1C#N. The Kier molecular flexibility index (Phi) is 5.39. The Bertz CT molecular complexity index is 1410. The second-order valence-electron chi connectivity index (χ2n) is 7.27. The number of carbonyl (C=O) groups excluding carboxylic acids is 1. The molecule has 0 saturated carbocycles. The van der Waals surface area contributed by atoms with E-state index in [1.165, 1.54) is 6.20 Å². The molecule has 4 rings (SSSR count). The van der Waals surface area contributed by atoms with Gasteiger partial charge >= 0.3 is 0 Å². The minimum absolute atomic E-state index is 0.167. The third kappa shape index (κ3) is 3.79. The lowest BCUT2D eigenvalue weighted by Crippen LogP contribution is -2.15. The standard InChI is InChI=1S/C24H20N6O2/c1-14(2)23-19(7-8-26-20(23)12-25)24(31)29-17-6-5-16-13-27-30(21(16)10-17)18-9-15(3)28-22(11-18)32-4/h5-11,13H,1H2,2-4H3,(H,29,31). The van der Waals surface area contributed by atoms with E-state index in [0.29, 0.717) is 28.3 Å². The van der Waals surface area contributed by atoms with Crippen LogP contribution in [0.5, 0.6) is 5.88 Å². The molecule has 0 aliphatic carbocycles. The van der Waals surface area contributed by atoms with Crippen LogP contribution in [0, 0.1) is 18.3 Å². The predicted molar refractivity (Wildman–Crippen MR) is 122 cm³/mol. The molecule has 1 N–H and O–H groups in total. The maximum absolute atomic E-state index is 13.0. The lowest BCUT2D eigenvalue weighted by molar-refractivity contribution is 0.102. The minimum Gasteiger partial charge on any atom is -0.481 e. The van der Waals surface area contributed by atoms with Crippen molar-refractivity contribution in [2.24, 2.45) is 0 Å². The zero-order chi connectivity index (χ0) is 22.8. The Morgan fingerprint density at radius 3 is 2.78 bits per heavy atom. The number of ether oxygens (including phenoxy) is 1. The third-order valence-electron chi connectivity index (χ3n) is 4.93. The number of rotatable bonds is 5. The number of nitriles is 1.